The molecule has 2 aromatic heterocycles. The molecule has 0 radical (unpaired) electrons. The largest absolute Gasteiger partial charge is 0.367 e. The fourth-order valence-corrected chi connectivity index (χ4v) is 3.17. The van der Waals surface area contributed by atoms with Gasteiger partial charge in [-0.05, 0) is 57.8 Å². The lowest BCUT2D eigenvalue weighted by Gasteiger charge is -2.23. The standard InChI is InChI=1S/C18H25N5/c1-13(10-15-4-3-7-20-12-15)21-18-11-17(22-14(2)23-18)16-5-8-19-9-6-16/h3-4,7,11-13,16,19H,5-6,8-10H2,1-2H3,(H,21,22,23). The molecule has 2 aromatic rings. The molecule has 23 heavy (non-hydrogen) atoms. The maximum Gasteiger partial charge on any atom is 0.130 e. The van der Waals surface area contributed by atoms with E-state index in [2.05, 4.69) is 44.6 Å². The number of pyridine rings is 1. The Labute approximate surface area is 138 Å². The first-order valence-electron chi connectivity index (χ1n) is 8.42. The molecule has 0 spiro atoms. The molecule has 0 bridgehead atoms. The monoisotopic (exact) mass is 311 g/mol. The number of piperidine rings is 1. The van der Waals surface area contributed by atoms with Crippen LogP contribution >= 0.6 is 0 Å². The van der Waals surface area contributed by atoms with Gasteiger partial charge >= 0.3 is 0 Å². The Morgan fingerprint density at radius 2 is 2.13 bits per heavy atom. The Hall–Kier alpha value is -2.01. The zero-order valence-corrected chi connectivity index (χ0v) is 13.9. The van der Waals surface area contributed by atoms with E-state index >= 15 is 0 Å². The van der Waals surface area contributed by atoms with E-state index in [9.17, 15) is 0 Å². The van der Waals surface area contributed by atoms with E-state index in [1.165, 1.54) is 11.3 Å². The lowest BCUT2D eigenvalue weighted by Crippen LogP contribution is -2.27. The van der Waals surface area contributed by atoms with E-state index in [0.717, 1.165) is 44.0 Å². The molecule has 1 unspecified atom stereocenters. The molecule has 1 saturated heterocycles. The Balaban J connectivity index is 1.68. The first-order chi connectivity index (χ1) is 11.2. The number of hydrogen-bond donors (Lipinski definition) is 2. The van der Waals surface area contributed by atoms with Crippen LogP contribution < -0.4 is 10.6 Å². The molecule has 122 valence electrons. The van der Waals surface area contributed by atoms with Gasteiger partial charge in [0.1, 0.15) is 11.6 Å². The Morgan fingerprint density at radius 3 is 2.87 bits per heavy atom. The van der Waals surface area contributed by atoms with Crippen molar-refractivity contribution in [2.24, 2.45) is 0 Å². The molecule has 1 aliphatic heterocycles. The fraction of sp³-hybridized carbons (Fsp3) is 0.500. The van der Waals surface area contributed by atoms with Crippen LogP contribution in [0.3, 0.4) is 0 Å². The van der Waals surface area contributed by atoms with Gasteiger partial charge in [-0.25, -0.2) is 9.97 Å². The Morgan fingerprint density at radius 1 is 1.30 bits per heavy atom. The second-order valence-electron chi connectivity index (χ2n) is 6.36. The summed E-state index contributed by atoms with van der Waals surface area (Å²) in [6.07, 6.45) is 6.96. The van der Waals surface area contributed by atoms with Crippen molar-refractivity contribution in [2.45, 2.75) is 45.1 Å². The van der Waals surface area contributed by atoms with E-state index < -0.39 is 0 Å². The van der Waals surface area contributed by atoms with Crippen molar-refractivity contribution in [3.8, 4) is 0 Å². The average molecular weight is 311 g/mol. The van der Waals surface area contributed by atoms with Crippen LogP contribution in [-0.2, 0) is 6.42 Å². The highest BCUT2D eigenvalue weighted by Crippen LogP contribution is 2.25. The van der Waals surface area contributed by atoms with E-state index in [1.54, 1.807) is 6.20 Å². The van der Waals surface area contributed by atoms with Crippen LogP contribution in [0.5, 0.6) is 0 Å². The number of nitrogens with one attached hydrogen (secondary N) is 2. The highest BCUT2D eigenvalue weighted by atomic mass is 15.0. The van der Waals surface area contributed by atoms with Gasteiger partial charge in [0.25, 0.3) is 0 Å². The molecule has 5 nitrogen and oxygen atoms in total. The summed E-state index contributed by atoms with van der Waals surface area (Å²) in [5.74, 6) is 2.33. The van der Waals surface area contributed by atoms with Gasteiger partial charge in [-0.2, -0.15) is 0 Å². The van der Waals surface area contributed by atoms with Crippen molar-refractivity contribution in [1.29, 1.82) is 0 Å². The van der Waals surface area contributed by atoms with Gasteiger partial charge in [-0.1, -0.05) is 6.07 Å². The Kier molecular flexibility index (Phi) is 5.18. The third-order valence-electron chi connectivity index (χ3n) is 4.27. The minimum atomic E-state index is 0.300. The number of aryl methyl sites for hydroxylation is 1. The lowest BCUT2D eigenvalue weighted by molar-refractivity contribution is 0.452. The second kappa shape index (κ2) is 7.51. The van der Waals surface area contributed by atoms with Crippen LogP contribution in [0.2, 0.25) is 0 Å². The van der Waals surface area contributed by atoms with E-state index in [0.29, 0.717) is 12.0 Å². The van der Waals surface area contributed by atoms with Crippen LogP contribution in [0.25, 0.3) is 0 Å². The topological polar surface area (TPSA) is 62.7 Å². The van der Waals surface area contributed by atoms with Crippen LogP contribution in [0.4, 0.5) is 5.82 Å². The molecule has 0 saturated carbocycles. The van der Waals surface area contributed by atoms with Crippen LogP contribution in [0, 0.1) is 6.92 Å². The third kappa shape index (κ3) is 4.48. The summed E-state index contributed by atoms with van der Waals surface area (Å²) in [5.41, 5.74) is 2.41. The summed E-state index contributed by atoms with van der Waals surface area (Å²) in [6.45, 7) is 6.30. The molecule has 5 heteroatoms. The van der Waals surface area contributed by atoms with E-state index in [4.69, 9.17) is 0 Å². The molecule has 1 fully saturated rings. The molecule has 0 amide bonds. The molecular formula is C18H25N5. The van der Waals surface area contributed by atoms with Gasteiger partial charge in [0.2, 0.25) is 0 Å². The van der Waals surface area contributed by atoms with Crippen molar-refractivity contribution >= 4 is 5.82 Å². The minimum absolute atomic E-state index is 0.300. The molecule has 2 N–H and O–H groups in total. The molecule has 3 heterocycles. The maximum atomic E-state index is 4.66. The van der Waals surface area contributed by atoms with Crippen molar-refractivity contribution in [3.63, 3.8) is 0 Å². The summed E-state index contributed by atoms with van der Waals surface area (Å²) < 4.78 is 0. The molecule has 1 atom stereocenters. The normalized spacial score (nSPS) is 17.0. The fourth-order valence-electron chi connectivity index (χ4n) is 3.17. The average Bonchev–Trinajstić information content (AvgIpc) is 2.56. The second-order valence-corrected chi connectivity index (χ2v) is 6.36. The van der Waals surface area contributed by atoms with Gasteiger partial charge in [0.15, 0.2) is 0 Å². The zero-order valence-electron chi connectivity index (χ0n) is 13.9. The Bertz CT molecular complexity index is 623. The zero-order chi connectivity index (χ0) is 16.1. The molecule has 0 aromatic carbocycles. The first-order valence-corrected chi connectivity index (χ1v) is 8.42. The van der Waals surface area contributed by atoms with Crippen LogP contribution in [-0.4, -0.2) is 34.1 Å². The van der Waals surface area contributed by atoms with Crippen LogP contribution in [0.15, 0.2) is 30.6 Å². The number of aromatic nitrogens is 3. The smallest absolute Gasteiger partial charge is 0.130 e. The molecule has 1 aliphatic rings. The summed E-state index contributed by atoms with van der Waals surface area (Å²) in [4.78, 5) is 13.4. The van der Waals surface area contributed by atoms with Crippen molar-refractivity contribution < 1.29 is 0 Å². The summed E-state index contributed by atoms with van der Waals surface area (Å²) in [7, 11) is 0. The number of anilines is 1. The summed E-state index contributed by atoms with van der Waals surface area (Å²) >= 11 is 0. The van der Waals surface area contributed by atoms with E-state index in [-0.39, 0.29) is 0 Å². The quantitative estimate of drug-likeness (QED) is 0.889. The van der Waals surface area contributed by atoms with Gasteiger partial charge in [-0.3, -0.25) is 4.98 Å². The molecular weight excluding hydrogens is 286 g/mol. The molecule has 0 aliphatic carbocycles. The lowest BCUT2D eigenvalue weighted by atomic mass is 9.94. The van der Waals surface area contributed by atoms with E-state index in [1.807, 2.05) is 19.2 Å². The molecule has 3 rings (SSSR count). The van der Waals surface area contributed by atoms with Crippen LogP contribution in [0.1, 0.15) is 42.8 Å². The van der Waals surface area contributed by atoms with Gasteiger partial charge in [0, 0.05) is 36.1 Å². The van der Waals surface area contributed by atoms with Gasteiger partial charge in [0.05, 0.1) is 0 Å². The summed E-state index contributed by atoms with van der Waals surface area (Å²) in [5, 5.41) is 6.92. The highest BCUT2D eigenvalue weighted by Gasteiger charge is 2.18. The predicted octanol–water partition coefficient (Wildman–Crippen LogP) is 2.69. The summed E-state index contributed by atoms with van der Waals surface area (Å²) in [6, 6.07) is 6.51. The van der Waals surface area contributed by atoms with Crippen molar-refractivity contribution in [1.82, 2.24) is 20.3 Å². The van der Waals surface area contributed by atoms with Gasteiger partial charge < -0.3 is 10.6 Å². The third-order valence-corrected chi connectivity index (χ3v) is 4.27. The first kappa shape index (κ1) is 15.9. The minimum Gasteiger partial charge on any atom is -0.367 e. The number of hydrogen-bond acceptors (Lipinski definition) is 5. The number of nitrogens with zero attached hydrogens (tertiary/aromatic N) is 3. The number of rotatable bonds is 5. The van der Waals surface area contributed by atoms with Gasteiger partial charge in [-0.15, -0.1) is 0 Å². The van der Waals surface area contributed by atoms with Crippen molar-refractivity contribution in [3.05, 3.63) is 47.7 Å². The maximum absolute atomic E-state index is 4.66. The predicted molar refractivity (Wildman–Crippen MR) is 92.6 cm³/mol. The SMILES string of the molecule is Cc1nc(NC(C)Cc2cccnc2)cc(C2CCNCC2)n1. The van der Waals surface area contributed by atoms with Crippen molar-refractivity contribution in [2.75, 3.05) is 18.4 Å². The highest BCUT2D eigenvalue weighted by molar-refractivity contribution is 5.38.